The molecule has 0 aliphatic carbocycles. The van der Waals surface area contributed by atoms with Crippen molar-refractivity contribution < 1.29 is 10.2 Å². The maximum absolute atomic E-state index is 10.2. The first-order chi connectivity index (χ1) is 13.2. The predicted molar refractivity (Wildman–Crippen MR) is 107 cm³/mol. The number of nitrogens with zero attached hydrogens (tertiary/aromatic N) is 4. The van der Waals surface area contributed by atoms with E-state index < -0.39 is 0 Å². The predicted octanol–water partition coefficient (Wildman–Crippen LogP) is 2.77. The molecule has 0 atom stereocenters. The Hall–Kier alpha value is -2.41. The van der Waals surface area contributed by atoms with Crippen LogP contribution in [0.1, 0.15) is 0 Å². The van der Waals surface area contributed by atoms with Crippen LogP contribution in [0.5, 0.6) is 5.75 Å². The summed E-state index contributed by atoms with van der Waals surface area (Å²) in [6, 6.07) is 12.7. The molecule has 6 nitrogen and oxygen atoms in total. The number of hydrogen-bond donors (Lipinski definition) is 2. The van der Waals surface area contributed by atoms with E-state index in [0.29, 0.717) is 23.0 Å². The minimum atomic E-state index is 0.151. The zero-order valence-electron chi connectivity index (χ0n) is 14.8. The van der Waals surface area contributed by atoms with Gasteiger partial charge in [0.2, 0.25) is 0 Å². The number of benzene rings is 2. The van der Waals surface area contributed by atoms with Crippen LogP contribution in [0.15, 0.2) is 42.5 Å². The Morgan fingerprint density at radius 1 is 1.00 bits per heavy atom. The third-order valence-electron chi connectivity index (χ3n) is 4.87. The fraction of sp³-hybridized carbons (Fsp3) is 0.300. The highest BCUT2D eigenvalue weighted by Gasteiger charge is 2.21. The van der Waals surface area contributed by atoms with Crippen LogP contribution in [-0.2, 0) is 0 Å². The van der Waals surface area contributed by atoms with Crippen LogP contribution in [-0.4, -0.2) is 64.4 Å². The van der Waals surface area contributed by atoms with E-state index >= 15 is 0 Å². The summed E-state index contributed by atoms with van der Waals surface area (Å²) in [6.07, 6.45) is 0. The summed E-state index contributed by atoms with van der Waals surface area (Å²) >= 11 is 6.19. The summed E-state index contributed by atoms with van der Waals surface area (Å²) in [5.74, 6) is 1.48. The average Bonchev–Trinajstić information content (AvgIpc) is 2.68. The van der Waals surface area contributed by atoms with Crippen molar-refractivity contribution in [2.75, 3.05) is 44.2 Å². The number of β-amino-alcohol motifs (C(OH)–C–C–N with tert-alkyl or cyclic N) is 1. The van der Waals surface area contributed by atoms with Gasteiger partial charge in [0.05, 0.1) is 17.7 Å². The number of aliphatic hydroxyl groups is 1. The number of anilines is 1. The van der Waals surface area contributed by atoms with Crippen LogP contribution < -0.4 is 4.90 Å². The van der Waals surface area contributed by atoms with Gasteiger partial charge in [-0.15, -0.1) is 0 Å². The number of rotatable bonds is 4. The number of phenols is 1. The molecule has 3 aromatic rings. The molecule has 140 valence electrons. The second kappa shape index (κ2) is 7.68. The van der Waals surface area contributed by atoms with E-state index in [4.69, 9.17) is 21.7 Å². The van der Waals surface area contributed by atoms with Crippen LogP contribution in [0, 0.1) is 0 Å². The molecule has 1 aliphatic rings. The number of piperazine rings is 1. The first-order valence-corrected chi connectivity index (χ1v) is 9.37. The number of fused-ring (bicyclic) bond motifs is 1. The van der Waals surface area contributed by atoms with Crippen LogP contribution >= 0.6 is 11.6 Å². The van der Waals surface area contributed by atoms with Crippen LogP contribution in [0.25, 0.3) is 22.3 Å². The fourth-order valence-electron chi connectivity index (χ4n) is 3.43. The van der Waals surface area contributed by atoms with Crippen molar-refractivity contribution in [3.8, 4) is 17.1 Å². The van der Waals surface area contributed by atoms with E-state index in [1.165, 1.54) is 0 Å². The first kappa shape index (κ1) is 18.0. The number of phenolic OH excluding ortho intramolecular Hbond substituents is 1. The summed E-state index contributed by atoms with van der Waals surface area (Å²) in [7, 11) is 0. The van der Waals surface area contributed by atoms with Crippen molar-refractivity contribution in [2.24, 2.45) is 0 Å². The molecular weight excluding hydrogens is 364 g/mol. The minimum absolute atomic E-state index is 0.151. The number of para-hydroxylation sites is 1. The van der Waals surface area contributed by atoms with Crippen molar-refractivity contribution in [1.82, 2.24) is 14.9 Å². The van der Waals surface area contributed by atoms with Gasteiger partial charge in [-0.2, -0.15) is 0 Å². The Kier molecular flexibility index (Phi) is 5.11. The Balaban J connectivity index is 1.78. The molecule has 7 heteroatoms. The van der Waals surface area contributed by atoms with Gasteiger partial charge in [-0.25, -0.2) is 9.97 Å². The molecule has 0 radical (unpaired) electrons. The highest BCUT2D eigenvalue weighted by molar-refractivity contribution is 6.31. The van der Waals surface area contributed by atoms with Crippen molar-refractivity contribution in [3.63, 3.8) is 0 Å². The molecular formula is C20H21ClN4O2. The normalized spacial score (nSPS) is 15.4. The van der Waals surface area contributed by atoms with E-state index in [1.54, 1.807) is 12.1 Å². The largest absolute Gasteiger partial charge is 0.507 e. The smallest absolute Gasteiger partial charge is 0.165 e. The quantitative estimate of drug-likeness (QED) is 0.720. The van der Waals surface area contributed by atoms with E-state index in [2.05, 4.69) is 14.8 Å². The van der Waals surface area contributed by atoms with Crippen LogP contribution in [0.4, 0.5) is 5.82 Å². The highest BCUT2D eigenvalue weighted by atomic mass is 35.5. The van der Waals surface area contributed by atoms with Gasteiger partial charge in [0.1, 0.15) is 11.6 Å². The SMILES string of the molecule is OCCN1CCN(c2nc(-c3ccccc3O)nc3cc(Cl)ccc23)CC1. The Bertz CT molecular complexity index is 958. The van der Waals surface area contributed by atoms with Gasteiger partial charge in [-0.05, 0) is 30.3 Å². The monoisotopic (exact) mass is 384 g/mol. The molecule has 2 aromatic carbocycles. The lowest BCUT2D eigenvalue weighted by atomic mass is 10.1. The summed E-state index contributed by atoms with van der Waals surface area (Å²) in [4.78, 5) is 13.9. The molecule has 0 amide bonds. The van der Waals surface area contributed by atoms with E-state index in [0.717, 1.165) is 42.9 Å². The van der Waals surface area contributed by atoms with Crippen molar-refractivity contribution >= 4 is 28.3 Å². The number of aromatic hydroxyl groups is 1. The zero-order chi connectivity index (χ0) is 18.8. The van der Waals surface area contributed by atoms with Crippen LogP contribution in [0.3, 0.4) is 0 Å². The highest BCUT2D eigenvalue weighted by Crippen LogP contribution is 2.32. The lowest BCUT2D eigenvalue weighted by molar-refractivity contribution is 0.188. The minimum Gasteiger partial charge on any atom is -0.507 e. The molecule has 1 saturated heterocycles. The third-order valence-corrected chi connectivity index (χ3v) is 5.11. The summed E-state index contributed by atoms with van der Waals surface area (Å²) in [6.45, 7) is 4.23. The summed E-state index contributed by atoms with van der Waals surface area (Å²) in [5.41, 5.74) is 1.35. The van der Waals surface area contributed by atoms with Gasteiger partial charge in [0, 0.05) is 43.1 Å². The molecule has 4 rings (SSSR count). The van der Waals surface area contributed by atoms with Crippen LogP contribution in [0.2, 0.25) is 5.02 Å². The van der Waals surface area contributed by atoms with Gasteiger partial charge in [0.25, 0.3) is 0 Å². The standard InChI is InChI=1S/C20H21ClN4O2/c21-14-5-6-15-17(13-14)22-19(16-3-1-2-4-18(16)27)23-20(15)25-9-7-24(8-10-25)11-12-26/h1-6,13,26-27H,7-12H2. The van der Waals surface area contributed by atoms with Gasteiger partial charge < -0.3 is 15.1 Å². The third kappa shape index (κ3) is 3.69. The molecule has 2 N–H and O–H groups in total. The van der Waals surface area contributed by atoms with E-state index in [9.17, 15) is 5.11 Å². The molecule has 2 heterocycles. The molecule has 1 fully saturated rings. The second-order valence-electron chi connectivity index (χ2n) is 6.60. The maximum Gasteiger partial charge on any atom is 0.165 e. The summed E-state index contributed by atoms with van der Waals surface area (Å²) < 4.78 is 0. The van der Waals surface area contributed by atoms with Crippen molar-refractivity contribution in [3.05, 3.63) is 47.5 Å². The Morgan fingerprint density at radius 3 is 2.52 bits per heavy atom. The van der Waals surface area contributed by atoms with E-state index in [1.807, 2.05) is 30.3 Å². The molecule has 0 bridgehead atoms. The molecule has 0 saturated carbocycles. The average molecular weight is 385 g/mol. The zero-order valence-corrected chi connectivity index (χ0v) is 15.6. The molecule has 0 unspecified atom stereocenters. The molecule has 1 aromatic heterocycles. The van der Waals surface area contributed by atoms with Gasteiger partial charge in [-0.3, -0.25) is 4.90 Å². The maximum atomic E-state index is 10.2. The van der Waals surface area contributed by atoms with Gasteiger partial charge in [-0.1, -0.05) is 23.7 Å². The second-order valence-corrected chi connectivity index (χ2v) is 7.04. The number of halogens is 1. The van der Waals surface area contributed by atoms with E-state index in [-0.39, 0.29) is 12.4 Å². The molecule has 1 aliphatic heterocycles. The van der Waals surface area contributed by atoms with Gasteiger partial charge >= 0.3 is 0 Å². The Morgan fingerprint density at radius 2 is 1.78 bits per heavy atom. The molecule has 27 heavy (non-hydrogen) atoms. The van der Waals surface area contributed by atoms with Gasteiger partial charge in [0.15, 0.2) is 5.82 Å². The topological polar surface area (TPSA) is 72.7 Å². The number of aliphatic hydroxyl groups excluding tert-OH is 1. The first-order valence-electron chi connectivity index (χ1n) is 8.99. The number of hydrogen-bond acceptors (Lipinski definition) is 6. The fourth-order valence-corrected chi connectivity index (χ4v) is 3.60. The summed E-state index contributed by atoms with van der Waals surface area (Å²) in [5, 5.41) is 20.9. The Labute approximate surface area is 162 Å². The number of aromatic nitrogens is 2. The lowest BCUT2D eigenvalue weighted by Crippen LogP contribution is -2.47. The van der Waals surface area contributed by atoms with Crippen molar-refractivity contribution in [1.29, 1.82) is 0 Å². The lowest BCUT2D eigenvalue weighted by Gasteiger charge is -2.35. The molecule has 0 spiro atoms. The van der Waals surface area contributed by atoms with Crippen molar-refractivity contribution in [2.45, 2.75) is 0 Å².